The van der Waals surface area contributed by atoms with Crippen LogP contribution in [0.5, 0.6) is 5.75 Å². The van der Waals surface area contributed by atoms with Gasteiger partial charge in [0.15, 0.2) is 0 Å². The van der Waals surface area contributed by atoms with E-state index in [-0.39, 0.29) is 24.0 Å². The average molecular weight is 393 g/mol. The summed E-state index contributed by atoms with van der Waals surface area (Å²) >= 11 is 6.90. The zero-order valence-corrected chi connectivity index (χ0v) is 15.7. The normalized spacial score (nSPS) is 15.3. The van der Waals surface area contributed by atoms with E-state index in [4.69, 9.17) is 22.8 Å². The Kier molecular flexibility index (Phi) is 7.13. The number of hydrogen-bond donors (Lipinski definition) is 1. The Morgan fingerprint density at radius 3 is 2.88 bits per heavy atom. The van der Waals surface area contributed by atoms with Gasteiger partial charge in [0.05, 0.1) is 9.93 Å². The number of thioether (sulfide) groups is 1. The smallest absolute Gasteiger partial charge is 0.294 e. The minimum absolute atomic E-state index is 0.0953. The highest BCUT2D eigenvalue weighted by Crippen LogP contribution is 2.33. The quantitative estimate of drug-likeness (QED) is 0.570. The summed E-state index contributed by atoms with van der Waals surface area (Å²) in [5.41, 5.74) is 0.629. The van der Waals surface area contributed by atoms with Crippen LogP contribution in [0.15, 0.2) is 23.1 Å². The summed E-state index contributed by atoms with van der Waals surface area (Å²) in [7, 11) is 0. The first-order valence-electron chi connectivity index (χ1n) is 7.84. The number of halogens is 1. The SMILES string of the molecule is C#CCOc1ccc(/C=C2\SC(=O)N(CC(=O)NCCC)C2=O)cc1Cl. The predicted molar refractivity (Wildman–Crippen MR) is 102 cm³/mol. The fourth-order valence-electron chi connectivity index (χ4n) is 2.09. The van der Waals surface area contributed by atoms with E-state index in [1.54, 1.807) is 24.3 Å². The molecule has 0 unspecified atom stereocenters. The van der Waals surface area contributed by atoms with E-state index in [0.29, 0.717) is 22.9 Å². The van der Waals surface area contributed by atoms with Crippen molar-refractivity contribution in [2.45, 2.75) is 13.3 Å². The molecule has 1 aliphatic rings. The number of carbonyl (C=O) groups is 3. The Morgan fingerprint density at radius 1 is 1.46 bits per heavy atom. The van der Waals surface area contributed by atoms with Crippen LogP contribution in [-0.2, 0) is 9.59 Å². The number of hydrogen-bond acceptors (Lipinski definition) is 5. The molecule has 8 heteroatoms. The van der Waals surface area contributed by atoms with Gasteiger partial charge in [-0.2, -0.15) is 0 Å². The molecule has 0 bridgehead atoms. The molecule has 26 heavy (non-hydrogen) atoms. The molecule has 2 rings (SSSR count). The number of rotatable bonds is 7. The highest BCUT2D eigenvalue weighted by atomic mass is 35.5. The molecule has 1 N–H and O–H groups in total. The Hall–Kier alpha value is -2.43. The van der Waals surface area contributed by atoms with Gasteiger partial charge in [0.25, 0.3) is 11.1 Å². The van der Waals surface area contributed by atoms with E-state index >= 15 is 0 Å². The van der Waals surface area contributed by atoms with Gasteiger partial charge in [0.2, 0.25) is 5.91 Å². The van der Waals surface area contributed by atoms with Crippen LogP contribution in [0.1, 0.15) is 18.9 Å². The topological polar surface area (TPSA) is 75.7 Å². The van der Waals surface area contributed by atoms with E-state index in [1.165, 1.54) is 0 Å². The summed E-state index contributed by atoms with van der Waals surface area (Å²) in [4.78, 5) is 37.3. The van der Waals surface area contributed by atoms with Crippen molar-refractivity contribution in [2.24, 2.45) is 0 Å². The van der Waals surface area contributed by atoms with E-state index in [2.05, 4.69) is 11.2 Å². The predicted octanol–water partition coefficient (Wildman–Crippen LogP) is 2.91. The molecule has 0 aliphatic carbocycles. The summed E-state index contributed by atoms with van der Waals surface area (Å²) < 4.78 is 5.27. The summed E-state index contributed by atoms with van der Waals surface area (Å²) in [6.07, 6.45) is 7.46. The van der Waals surface area contributed by atoms with Gasteiger partial charge in [0, 0.05) is 6.54 Å². The van der Waals surface area contributed by atoms with Gasteiger partial charge in [-0.15, -0.1) is 6.42 Å². The van der Waals surface area contributed by atoms with E-state index < -0.39 is 11.1 Å². The van der Waals surface area contributed by atoms with Crippen LogP contribution in [0.3, 0.4) is 0 Å². The number of nitrogens with zero attached hydrogens (tertiary/aromatic N) is 1. The van der Waals surface area contributed by atoms with Crippen molar-refractivity contribution < 1.29 is 19.1 Å². The Bertz CT molecular complexity index is 801. The molecule has 0 atom stereocenters. The van der Waals surface area contributed by atoms with Crippen LogP contribution in [0.25, 0.3) is 6.08 Å². The van der Waals surface area contributed by atoms with Crippen LogP contribution in [-0.4, -0.2) is 41.6 Å². The maximum absolute atomic E-state index is 12.4. The molecule has 6 nitrogen and oxygen atoms in total. The van der Waals surface area contributed by atoms with Gasteiger partial charge in [0.1, 0.15) is 18.9 Å². The molecular formula is C18H17ClN2O4S. The third-order valence-electron chi connectivity index (χ3n) is 3.31. The lowest BCUT2D eigenvalue weighted by Crippen LogP contribution is -2.39. The van der Waals surface area contributed by atoms with Crippen LogP contribution >= 0.6 is 23.4 Å². The number of nitrogens with one attached hydrogen (secondary N) is 1. The maximum atomic E-state index is 12.4. The van der Waals surface area contributed by atoms with Gasteiger partial charge in [-0.3, -0.25) is 19.3 Å². The Morgan fingerprint density at radius 2 is 2.23 bits per heavy atom. The summed E-state index contributed by atoms with van der Waals surface area (Å²) in [5.74, 6) is 1.91. The van der Waals surface area contributed by atoms with Crippen molar-refractivity contribution in [3.8, 4) is 18.1 Å². The molecule has 3 amide bonds. The average Bonchev–Trinajstić information content (AvgIpc) is 2.86. The molecule has 0 spiro atoms. The van der Waals surface area contributed by atoms with Crippen molar-refractivity contribution in [2.75, 3.05) is 19.7 Å². The molecule has 1 aromatic rings. The third kappa shape index (κ3) is 5.04. The van der Waals surface area contributed by atoms with E-state index in [1.807, 2.05) is 6.92 Å². The molecule has 1 heterocycles. The fourth-order valence-corrected chi connectivity index (χ4v) is 3.18. The summed E-state index contributed by atoms with van der Waals surface area (Å²) in [6, 6.07) is 4.93. The second-order valence-electron chi connectivity index (χ2n) is 5.30. The zero-order chi connectivity index (χ0) is 19.1. The van der Waals surface area contributed by atoms with Crippen molar-refractivity contribution in [3.05, 3.63) is 33.7 Å². The molecule has 0 radical (unpaired) electrons. The van der Waals surface area contributed by atoms with Crippen LogP contribution in [0.4, 0.5) is 4.79 Å². The maximum Gasteiger partial charge on any atom is 0.294 e. The van der Waals surface area contributed by atoms with Crippen LogP contribution in [0, 0.1) is 12.3 Å². The highest BCUT2D eigenvalue weighted by Gasteiger charge is 2.36. The first kappa shape index (κ1) is 19.9. The van der Waals surface area contributed by atoms with Gasteiger partial charge in [-0.1, -0.05) is 30.5 Å². The molecule has 1 aliphatic heterocycles. The van der Waals surface area contributed by atoms with E-state index in [9.17, 15) is 14.4 Å². The fraction of sp³-hybridized carbons (Fsp3) is 0.278. The first-order valence-corrected chi connectivity index (χ1v) is 9.03. The Balaban J connectivity index is 2.11. The van der Waals surface area contributed by atoms with Crippen LogP contribution in [0.2, 0.25) is 5.02 Å². The standard InChI is InChI=1S/C18H17ClN2O4S/c1-3-7-20-16(22)11-21-17(23)15(26-18(21)24)10-12-5-6-14(13(19)9-12)25-8-4-2/h2,5-6,9-10H,3,7-8,11H2,1H3,(H,20,22)/b15-10-. The largest absolute Gasteiger partial charge is 0.479 e. The van der Waals surface area contributed by atoms with Crippen molar-refractivity contribution in [1.29, 1.82) is 0 Å². The van der Waals surface area contributed by atoms with Crippen LogP contribution < -0.4 is 10.1 Å². The van der Waals surface area contributed by atoms with Gasteiger partial charge in [-0.05, 0) is 42.0 Å². The summed E-state index contributed by atoms with van der Waals surface area (Å²) in [6.45, 7) is 2.22. The number of carbonyl (C=O) groups excluding carboxylic acids is 3. The lowest BCUT2D eigenvalue weighted by Gasteiger charge is -2.11. The number of ether oxygens (including phenoxy) is 1. The zero-order valence-electron chi connectivity index (χ0n) is 14.1. The van der Waals surface area contributed by atoms with Gasteiger partial charge in [-0.25, -0.2) is 0 Å². The number of imide groups is 1. The summed E-state index contributed by atoms with van der Waals surface area (Å²) in [5, 5.41) is 2.50. The highest BCUT2D eigenvalue weighted by molar-refractivity contribution is 8.18. The molecule has 1 saturated heterocycles. The van der Waals surface area contributed by atoms with Crippen molar-refractivity contribution in [3.63, 3.8) is 0 Å². The number of amides is 3. The van der Waals surface area contributed by atoms with E-state index in [0.717, 1.165) is 23.1 Å². The minimum Gasteiger partial charge on any atom is -0.479 e. The molecule has 1 fully saturated rings. The number of benzene rings is 1. The molecule has 0 aromatic heterocycles. The number of terminal acetylenes is 1. The van der Waals surface area contributed by atoms with Gasteiger partial charge >= 0.3 is 0 Å². The molecule has 1 aromatic carbocycles. The minimum atomic E-state index is -0.504. The van der Waals surface area contributed by atoms with Crippen molar-refractivity contribution in [1.82, 2.24) is 10.2 Å². The lowest BCUT2D eigenvalue weighted by atomic mass is 10.2. The molecule has 136 valence electrons. The van der Waals surface area contributed by atoms with Crippen molar-refractivity contribution >= 4 is 46.5 Å². The second kappa shape index (κ2) is 9.32. The monoisotopic (exact) mass is 392 g/mol. The molecular weight excluding hydrogens is 376 g/mol. The Labute approximate surface area is 160 Å². The first-order chi connectivity index (χ1) is 12.5. The second-order valence-corrected chi connectivity index (χ2v) is 6.70. The third-order valence-corrected chi connectivity index (χ3v) is 4.51. The van der Waals surface area contributed by atoms with Gasteiger partial charge < -0.3 is 10.1 Å². The molecule has 0 saturated carbocycles. The lowest BCUT2D eigenvalue weighted by molar-refractivity contribution is -0.129.